The average Bonchev–Trinajstić information content (AvgIpc) is 2.21. The number of carboxylic acid groups (broad SMARTS) is 1. The van der Waals surface area contributed by atoms with E-state index in [4.69, 9.17) is 5.11 Å². The molecule has 0 aromatic heterocycles. The van der Waals surface area contributed by atoms with E-state index in [0.717, 1.165) is 5.56 Å². The normalized spacial score (nSPS) is 9.81. The zero-order valence-corrected chi connectivity index (χ0v) is 8.90. The van der Waals surface area contributed by atoms with Crippen LogP contribution in [0.4, 0.5) is 5.69 Å². The van der Waals surface area contributed by atoms with E-state index in [-0.39, 0.29) is 18.7 Å². The molecule has 16 heavy (non-hydrogen) atoms. The van der Waals surface area contributed by atoms with Crippen LogP contribution in [0, 0.1) is 6.92 Å². The predicted octanol–water partition coefficient (Wildman–Crippen LogP) is 2.06. The summed E-state index contributed by atoms with van der Waals surface area (Å²) in [4.78, 5) is 21.6. The molecule has 0 aliphatic carbocycles. The van der Waals surface area contributed by atoms with Gasteiger partial charge in [-0.15, -0.1) is 0 Å². The molecule has 2 N–H and O–H groups in total. The van der Waals surface area contributed by atoms with Crippen molar-refractivity contribution in [2.75, 3.05) is 5.32 Å². The van der Waals surface area contributed by atoms with E-state index in [0.29, 0.717) is 12.1 Å². The molecule has 1 radical (unpaired) electrons. The van der Waals surface area contributed by atoms with E-state index < -0.39 is 5.97 Å². The minimum Gasteiger partial charge on any atom is -0.481 e. The Labute approximate surface area is 94.3 Å². The largest absolute Gasteiger partial charge is 0.481 e. The van der Waals surface area contributed by atoms with Gasteiger partial charge in [-0.1, -0.05) is 12.1 Å². The lowest BCUT2D eigenvalue weighted by molar-refractivity contribution is -0.137. The maximum Gasteiger partial charge on any atom is 0.303 e. The maximum atomic E-state index is 11.4. The second-order valence-electron chi connectivity index (χ2n) is 3.49. The Kier molecular flexibility index (Phi) is 4.51. The smallest absolute Gasteiger partial charge is 0.303 e. The standard InChI is InChI=1S/C12H14NO3/c1-9-5-7-10(8-6-9)13-11(14)3-2-4-12(15)16/h5-8H,1-4H2,(H,13,14)(H,15,16). The molecule has 0 aliphatic rings. The fourth-order valence-electron chi connectivity index (χ4n) is 1.21. The van der Waals surface area contributed by atoms with Crippen molar-refractivity contribution < 1.29 is 14.7 Å². The van der Waals surface area contributed by atoms with Crippen LogP contribution in [0.2, 0.25) is 0 Å². The fraction of sp³-hybridized carbons (Fsp3) is 0.250. The van der Waals surface area contributed by atoms with Gasteiger partial charge < -0.3 is 10.4 Å². The van der Waals surface area contributed by atoms with E-state index in [1.165, 1.54) is 0 Å². The summed E-state index contributed by atoms with van der Waals surface area (Å²) in [6.45, 7) is 3.73. The summed E-state index contributed by atoms with van der Waals surface area (Å²) in [6.07, 6.45) is 0.595. The van der Waals surface area contributed by atoms with E-state index in [1.807, 2.05) is 0 Å². The summed E-state index contributed by atoms with van der Waals surface area (Å²) in [7, 11) is 0. The van der Waals surface area contributed by atoms with E-state index in [9.17, 15) is 9.59 Å². The van der Waals surface area contributed by atoms with Gasteiger partial charge in [-0.2, -0.15) is 0 Å². The second-order valence-corrected chi connectivity index (χ2v) is 3.49. The van der Waals surface area contributed by atoms with Crippen LogP contribution in [0.1, 0.15) is 24.8 Å². The molecule has 1 aromatic carbocycles. The van der Waals surface area contributed by atoms with Crippen LogP contribution in [0.25, 0.3) is 0 Å². The maximum absolute atomic E-state index is 11.4. The molecule has 1 aromatic rings. The van der Waals surface area contributed by atoms with Gasteiger partial charge >= 0.3 is 5.97 Å². The summed E-state index contributed by atoms with van der Waals surface area (Å²) in [5, 5.41) is 11.1. The molecule has 0 saturated carbocycles. The Morgan fingerprint density at radius 3 is 2.38 bits per heavy atom. The number of carbonyl (C=O) groups is 2. The first-order valence-electron chi connectivity index (χ1n) is 5.01. The summed E-state index contributed by atoms with van der Waals surface area (Å²) in [6, 6.07) is 7.12. The topological polar surface area (TPSA) is 66.4 Å². The van der Waals surface area contributed by atoms with Crippen LogP contribution in [-0.2, 0) is 9.59 Å². The van der Waals surface area contributed by atoms with Gasteiger partial charge in [0.15, 0.2) is 0 Å². The molecule has 0 spiro atoms. The number of carbonyl (C=O) groups excluding carboxylic acids is 1. The van der Waals surface area contributed by atoms with Crippen LogP contribution in [-0.4, -0.2) is 17.0 Å². The first-order chi connectivity index (χ1) is 7.58. The minimum atomic E-state index is -0.880. The second kappa shape index (κ2) is 5.90. The predicted molar refractivity (Wildman–Crippen MR) is 61.0 cm³/mol. The SMILES string of the molecule is [CH2]c1ccc(NC(=O)CCCC(=O)O)cc1. The van der Waals surface area contributed by atoms with Crippen LogP contribution >= 0.6 is 0 Å². The zero-order valence-electron chi connectivity index (χ0n) is 8.90. The number of rotatable bonds is 5. The molecular formula is C12H14NO3. The summed E-state index contributed by atoms with van der Waals surface area (Å²) >= 11 is 0. The summed E-state index contributed by atoms with van der Waals surface area (Å²) < 4.78 is 0. The van der Waals surface area contributed by atoms with Crippen LogP contribution in [0.5, 0.6) is 0 Å². The van der Waals surface area contributed by atoms with Crippen molar-refractivity contribution in [3.8, 4) is 0 Å². The molecule has 0 aliphatic heterocycles. The van der Waals surface area contributed by atoms with Gasteiger partial charge in [-0.25, -0.2) is 0 Å². The Hall–Kier alpha value is -1.84. The Morgan fingerprint density at radius 2 is 1.81 bits per heavy atom. The number of hydrogen-bond donors (Lipinski definition) is 2. The van der Waals surface area contributed by atoms with Crippen molar-refractivity contribution in [1.29, 1.82) is 0 Å². The number of amides is 1. The number of benzene rings is 1. The number of carboxylic acids is 1. The molecule has 4 heteroatoms. The molecular weight excluding hydrogens is 206 g/mol. The molecule has 4 nitrogen and oxygen atoms in total. The van der Waals surface area contributed by atoms with Gasteiger partial charge in [0.1, 0.15) is 0 Å². The fourth-order valence-corrected chi connectivity index (χ4v) is 1.21. The van der Waals surface area contributed by atoms with Crippen molar-refractivity contribution in [3.63, 3.8) is 0 Å². The van der Waals surface area contributed by atoms with Crippen LogP contribution < -0.4 is 5.32 Å². The van der Waals surface area contributed by atoms with Crippen molar-refractivity contribution in [2.24, 2.45) is 0 Å². The first kappa shape index (κ1) is 12.2. The molecule has 0 saturated heterocycles. The molecule has 0 bridgehead atoms. The monoisotopic (exact) mass is 220 g/mol. The quantitative estimate of drug-likeness (QED) is 0.798. The van der Waals surface area contributed by atoms with Crippen molar-refractivity contribution >= 4 is 17.6 Å². The molecule has 0 atom stereocenters. The van der Waals surface area contributed by atoms with Crippen molar-refractivity contribution in [1.82, 2.24) is 0 Å². The lowest BCUT2D eigenvalue weighted by atomic mass is 10.2. The number of nitrogens with one attached hydrogen (secondary N) is 1. The highest BCUT2D eigenvalue weighted by atomic mass is 16.4. The number of hydrogen-bond acceptors (Lipinski definition) is 2. The lowest BCUT2D eigenvalue weighted by Crippen LogP contribution is -2.11. The minimum absolute atomic E-state index is 0.0191. The number of aliphatic carboxylic acids is 1. The lowest BCUT2D eigenvalue weighted by Gasteiger charge is -2.04. The average molecular weight is 220 g/mol. The Balaban J connectivity index is 2.34. The highest BCUT2D eigenvalue weighted by Gasteiger charge is 2.04. The van der Waals surface area contributed by atoms with Gasteiger partial charge in [0, 0.05) is 18.5 Å². The van der Waals surface area contributed by atoms with Crippen LogP contribution in [0.15, 0.2) is 24.3 Å². The highest BCUT2D eigenvalue weighted by Crippen LogP contribution is 2.09. The van der Waals surface area contributed by atoms with Crippen LogP contribution in [0.3, 0.4) is 0 Å². The molecule has 85 valence electrons. The van der Waals surface area contributed by atoms with E-state index in [1.54, 1.807) is 24.3 Å². The summed E-state index contributed by atoms with van der Waals surface area (Å²) in [5.41, 5.74) is 1.58. The molecule has 0 heterocycles. The first-order valence-corrected chi connectivity index (χ1v) is 5.01. The molecule has 0 fully saturated rings. The highest BCUT2D eigenvalue weighted by molar-refractivity contribution is 5.90. The van der Waals surface area contributed by atoms with E-state index >= 15 is 0 Å². The zero-order chi connectivity index (χ0) is 12.0. The summed E-state index contributed by atoms with van der Waals surface area (Å²) in [5.74, 6) is -1.05. The Morgan fingerprint density at radius 1 is 1.19 bits per heavy atom. The number of anilines is 1. The van der Waals surface area contributed by atoms with Crippen molar-refractivity contribution in [3.05, 3.63) is 36.8 Å². The van der Waals surface area contributed by atoms with Gasteiger partial charge in [0.2, 0.25) is 5.91 Å². The third-order valence-electron chi connectivity index (χ3n) is 2.03. The third-order valence-corrected chi connectivity index (χ3v) is 2.03. The molecule has 0 unspecified atom stereocenters. The van der Waals surface area contributed by atoms with E-state index in [2.05, 4.69) is 12.2 Å². The van der Waals surface area contributed by atoms with Crippen molar-refractivity contribution in [2.45, 2.75) is 19.3 Å². The van der Waals surface area contributed by atoms with Gasteiger partial charge in [-0.3, -0.25) is 9.59 Å². The molecule has 1 amide bonds. The third kappa shape index (κ3) is 4.59. The van der Waals surface area contributed by atoms with Gasteiger partial charge in [-0.05, 0) is 31.0 Å². The molecule has 1 rings (SSSR count). The Bertz CT molecular complexity index is 370. The van der Waals surface area contributed by atoms with Gasteiger partial charge in [0.05, 0.1) is 0 Å². The van der Waals surface area contributed by atoms with Gasteiger partial charge in [0.25, 0.3) is 0 Å².